The molecule has 0 aliphatic heterocycles. The number of anilines is 1. The Hall–Kier alpha value is -1.85. The lowest BCUT2D eigenvalue weighted by Gasteiger charge is -2.19. The number of hydrogen-bond donors (Lipinski definition) is 2. The molecule has 0 spiro atoms. The van der Waals surface area contributed by atoms with Crippen molar-refractivity contribution < 1.29 is 13.5 Å². The van der Waals surface area contributed by atoms with Gasteiger partial charge >= 0.3 is 0 Å². The summed E-state index contributed by atoms with van der Waals surface area (Å²) in [5.74, 6) is -0.839. The highest BCUT2D eigenvalue weighted by molar-refractivity contribution is 6.30. The maximum absolute atomic E-state index is 13.5. The quantitative estimate of drug-likeness (QED) is 0.884. The van der Waals surface area contributed by atoms with Gasteiger partial charge in [0.1, 0.15) is 5.82 Å². The maximum Gasteiger partial charge on any atom is 0.165 e. The van der Waals surface area contributed by atoms with Crippen LogP contribution in [0.2, 0.25) is 5.02 Å². The third-order valence-corrected chi connectivity index (χ3v) is 3.38. The minimum Gasteiger partial charge on any atom is -0.494 e. The lowest BCUT2D eigenvalue weighted by Crippen LogP contribution is -2.20. The first-order valence-electron chi connectivity index (χ1n) is 6.30. The predicted molar refractivity (Wildman–Crippen MR) is 79.8 cm³/mol. The van der Waals surface area contributed by atoms with Gasteiger partial charge < -0.3 is 15.8 Å². The third kappa shape index (κ3) is 3.62. The topological polar surface area (TPSA) is 47.3 Å². The van der Waals surface area contributed by atoms with Crippen LogP contribution in [0.5, 0.6) is 5.75 Å². The molecule has 0 aromatic heterocycles. The van der Waals surface area contributed by atoms with Crippen LogP contribution < -0.4 is 15.8 Å². The Morgan fingerprint density at radius 2 is 1.95 bits per heavy atom. The van der Waals surface area contributed by atoms with Crippen molar-refractivity contribution in [1.29, 1.82) is 0 Å². The number of hydrogen-bond acceptors (Lipinski definition) is 3. The van der Waals surface area contributed by atoms with Gasteiger partial charge in [0.2, 0.25) is 0 Å². The zero-order valence-corrected chi connectivity index (χ0v) is 12.1. The van der Waals surface area contributed by atoms with Crippen molar-refractivity contribution in [3.05, 3.63) is 58.6 Å². The second-order valence-corrected chi connectivity index (χ2v) is 4.86. The van der Waals surface area contributed by atoms with Crippen molar-refractivity contribution in [3.63, 3.8) is 0 Å². The Balaban J connectivity index is 2.24. The van der Waals surface area contributed by atoms with E-state index >= 15 is 0 Å². The largest absolute Gasteiger partial charge is 0.494 e. The number of methoxy groups -OCH3 is 1. The Bertz CT molecular complexity index is 637. The van der Waals surface area contributed by atoms with Gasteiger partial charge in [-0.25, -0.2) is 8.78 Å². The first-order chi connectivity index (χ1) is 10.0. The first-order valence-corrected chi connectivity index (χ1v) is 6.68. The molecule has 0 heterocycles. The van der Waals surface area contributed by atoms with Crippen molar-refractivity contribution >= 4 is 17.3 Å². The van der Waals surface area contributed by atoms with Crippen LogP contribution in [0.1, 0.15) is 11.6 Å². The molecule has 112 valence electrons. The minimum absolute atomic E-state index is 0.0537. The summed E-state index contributed by atoms with van der Waals surface area (Å²) in [6.45, 7) is 0.237. The summed E-state index contributed by atoms with van der Waals surface area (Å²) < 4.78 is 31.8. The zero-order chi connectivity index (χ0) is 15.4. The fourth-order valence-corrected chi connectivity index (χ4v) is 2.08. The smallest absolute Gasteiger partial charge is 0.165 e. The Morgan fingerprint density at radius 3 is 2.57 bits per heavy atom. The average molecular weight is 313 g/mol. The molecular formula is C15H15ClF2N2O. The molecule has 0 saturated carbocycles. The van der Waals surface area contributed by atoms with Crippen LogP contribution in [0, 0.1) is 11.6 Å². The molecule has 3 nitrogen and oxygen atoms in total. The fraction of sp³-hybridized carbons (Fsp3) is 0.200. The number of nitrogens with one attached hydrogen (secondary N) is 1. The zero-order valence-electron chi connectivity index (χ0n) is 11.4. The highest BCUT2D eigenvalue weighted by Gasteiger charge is 2.13. The van der Waals surface area contributed by atoms with E-state index in [1.54, 1.807) is 12.1 Å². The van der Waals surface area contributed by atoms with Gasteiger partial charge in [0.25, 0.3) is 0 Å². The fourth-order valence-electron chi connectivity index (χ4n) is 1.96. The molecule has 1 unspecified atom stereocenters. The van der Waals surface area contributed by atoms with Crippen LogP contribution >= 0.6 is 11.6 Å². The third-order valence-electron chi connectivity index (χ3n) is 3.07. The SMILES string of the molecule is COc1cc(NC(CN)c2ccc(Cl)c(F)c2)ccc1F. The summed E-state index contributed by atoms with van der Waals surface area (Å²) in [4.78, 5) is 0. The van der Waals surface area contributed by atoms with Gasteiger partial charge in [0, 0.05) is 18.3 Å². The van der Waals surface area contributed by atoms with Gasteiger partial charge in [-0.15, -0.1) is 0 Å². The summed E-state index contributed by atoms with van der Waals surface area (Å²) in [6.07, 6.45) is 0. The van der Waals surface area contributed by atoms with Gasteiger partial charge in [0.15, 0.2) is 11.6 Å². The molecule has 21 heavy (non-hydrogen) atoms. The molecule has 0 amide bonds. The molecule has 3 N–H and O–H groups in total. The van der Waals surface area contributed by atoms with Crippen molar-refractivity contribution in [3.8, 4) is 5.75 Å². The van der Waals surface area contributed by atoms with E-state index in [0.29, 0.717) is 11.3 Å². The summed E-state index contributed by atoms with van der Waals surface area (Å²) in [7, 11) is 1.39. The molecule has 1 atom stereocenters. The number of rotatable bonds is 5. The van der Waals surface area contributed by atoms with Gasteiger partial charge in [-0.1, -0.05) is 17.7 Å². The minimum atomic E-state index is -0.508. The standard InChI is InChI=1S/C15H15ClF2N2O/c1-21-15-7-10(3-5-12(15)17)20-14(8-19)9-2-4-11(16)13(18)6-9/h2-7,14,20H,8,19H2,1H3. The lowest BCUT2D eigenvalue weighted by molar-refractivity contribution is 0.386. The van der Waals surface area contributed by atoms with Crippen LogP contribution in [0.15, 0.2) is 36.4 Å². The number of benzene rings is 2. The van der Waals surface area contributed by atoms with E-state index in [9.17, 15) is 8.78 Å². The molecule has 2 aromatic carbocycles. The van der Waals surface area contributed by atoms with Crippen LogP contribution in [0.4, 0.5) is 14.5 Å². The van der Waals surface area contributed by atoms with Gasteiger partial charge in [0.05, 0.1) is 18.2 Å². The molecule has 2 rings (SSSR count). The molecule has 0 bridgehead atoms. The molecule has 6 heteroatoms. The van der Waals surface area contributed by atoms with E-state index in [-0.39, 0.29) is 23.4 Å². The van der Waals surface area contributed by atoms with Crippen molar-refractivity contribution in [2.75, 3.05) is 19.0 Å². The number of ether oxygens (including phenoxy) is 1. The van der Waals surface area contributed by atoms with Crippen molar-refractivity contribution in [2.45, 2.75) is 6.04 Å². The van der Waals surface area contributed by atoms with Gasteiger partial charge in [-0.05, 0) is 29.8 Å². The van der Waals surface area contributed by atoms with Gasteiger partial charge in [-0.2, -0.15) is 0 Å². The molecule has 2 aromatic rings. The summed E-state index contributed by atoms with van der Waals surface area (Å²) in [5.41, 5.74) is 7.00. The molecule has 0 radical (unpaired) electrons. The Labute approximate surface area is 126 Å². The highest BCUT2D eigenvalue weighted by atomic mass is 35.5. The first kappa shape index (κ1) is 15.5. The van der Waals surface area contributed by atoms with Crippen LogP contribution in [0.3, 0.4) is 0 Å². The molecule has 0 saturated heterocycles. The van der Waals surface area contributed by atoms with Crippen LogP contribution in [-0.2, 0) is 0 Å². The van der Waals surface area contributed by atoms with E-state index in [4.69, 9.17) is 22.1 Å². The normalized spacial score (nSPS) is 12.0. The summed E-state index contributed by atoms with van der Waals surface area (Å²) >= 11 is 5.66. The molecule has 0 aliphatic rings. The molecule has 0 aliphatic carbocycles. The summed E-state index contributed by atoms with van der Waals surface area (Å²) in [5, 5.41) is 3.17. The van der Waals surface area contributed by atoms with Crippen LogP contribution in [-0.4, -0.2) is 13.7 Å². The van der Waals surface area contributed by atoms with E-state index in [1.165, 1.54) is 31.4 Å². The number of halogens is 3. The van der Waals surface area contributed by atoms with Crippen molar-refractivity contribution in [2.24, 2.45) is 5.73 Å². The average Bonchev–Trinajstić information content (AvgIpc) is 2.49. The van der Waals surface area contributed by atoms with E-state index in [0.717, 1.165) is 0 Å². The lowest BCUT2D eigenvalue weighted by atomic mass is 10.1. The maximum atomic E-state index is 13.5. The second kappa shape index (κ2) is 6.74. The second-order valence-electron chi connectivity index (χ2n) is 4.46. The monoisotopic (exact) mass is 312 g/mol. The highest BCUT2D eigenvalue weighted by Crippen LogP contribution is 2.26. The predicted octanol–water partition coefficient (Wildman–Crippen LogP) is 3.74. The van der Waals surface area contributed by atoms with Gasteiger partial charge in [-0.3, -0.25) is 0 Å². The van der Waals surface area contributed by atoms with E-state index in [1.807, 2.05) is 0 Å². The molecule has 0 fully saturated rings. The van der Waals surface area contributed by atoms with E-state index in [2.05, 4.69) is 5.32 Å². The molecular weight excluding hydrogens is 298 g/mol. The Morgan fingerprint density at radius 1 is 1.19 bits per heavy atom. The Kier molecular flexibility index (Phi) is 4.98. The van der Waals surface area contributed by atoms with Crippen LogP contribution in [0.25, 0.3) is 0 Å². The summed E-state index contributed by atoms with van der Waals surface area (Å²) in [6, 6.07) is 8.53. The van der Waals surface area contributed by atoms with E-state index < -0.39 is 11.6 Å². The number of nitrogens with two attached hydrogens (primary N) is 1. The van der Waals surface area contributed by atoms with Crippen molar-refractivity contribution in [1.82, 2.24) is 0 Å².